The Morgan fingerprint density at radius 3 is 2.94 bits per heavy atom. The van der Waals surface area contributed by atoms with Crippen molar-refractivity contribution in [2.45, 2.75) is 19.4 Å². The molecule has 6 heteroatoms. The second kappa shape index (κ2) is 5.27. The van der Waals surface area contributed by atoms with Crippen LogP contribution < -0.4 is 11.1 Å². The highest BCUT2D eigenvalue weighted by atomic mass is 16.5. The van der Waals surface area contributed by atoms with Gasteiger partial charge in [0.15, 0.2) is 0 Å². The summed E-state index contributed by atoms with van der Waals surface area (Å²) in [6.45, 7) is 5.18. The van der Waals surface area contributed by atoms with Crippen molar-refractivity contribution in [1.29, 1.82) is 0 Å². The van der Waals surface area contributed by atoms with E-state index >= 15 is 0 Å². The van der Waals surface area contributed by atoms with Crippen LogP contribution in [0.4, 0.5) is 0 Å². The first-order valence-corrected chi connectivity index (χ1v) is 5.36. The maximum atomic E-state index is 11.8. The van der Waals surface area contributed by atoms with Gasteiger partial charge in [0.05, 0.1) is 6.61 Å². The number of hydrogen-bond acceptors (Lipinski definition) is 4. The molecule has 92 valence electrons. The number of carbonyl (C=O) groups excluding carboxylic acids is 2. The van der Waals surface area contributed by atoms with E-state index in [1.807, 2.05) is 0 Å². The van der Waals surface area contributed by atoms with Crippen LogP contribution in [0.25, 0.3) is 0 Å². The molecule has 1 fully saturated rings. The smallest absolute Gasteiger partial charge is 0.249 e. The lowest BCUT2D eigenvalue weighted by Gasteiger charge is -2.41. The Morgan fingerprint density at radius 2 is 2.31 bits per heavy atom. The number of carbonyl (C=O) groups is 2. The molecule has 0 bridgehead atoms. The van der Waals surface area contributed by atoms with Gasteiger partial charge in [0, 0.05) is 19.6 Å². The zero-order valence-corrected chi connectivity index (χ0v) is 9.78. The first-order valence-electron chi connectivity index (χ1n) is 5.36. The topological polar surface area (TPSA) is 84.7 Å². The van der Waals surface area contributed by atoms with Gasteiger partial charge in [-0.3, -0.25) is 9.59 Å². The van der Waals surface area contributed by atoms with Gasteiger partial charge in [-0.2, -0.15) is 0 Å². The van der Waals surface area contributed by atoms with Gasteiger partial charge in [0.2, 0.25) is 11.8 Å². The molecule has 6 nitrogen and oxygen atoms in total. The van der Waals surface area contributed by atoms with Crippen molar-refractivity contribution < 1.29 is 14.3 Å². The minimum Gasteiger partial charge on any atom is -0.370 e. The summed E-state index contributed by atoms with van der Waals surface area (Å²) in [7, 11) is 0. The van der Waals surface area contributed by atoms with Gasteiger partial charge in [-0.1, -0.05) is 0 Å². The third kappa shape index (κ3) is 2.70. The van der Waals surface area contributed by atoms with Gasteiger partial charge in [0.1, 0.15) is 12.1 Å². The molecule has 3 N–H and O–H groups in total. The van der Waals surface area contributed by atoms with Crippen LogP contribution in [0.2, 0.25) is 0 Å². The van der Waals surface area contributed by atoms with E-state index in [0.717, 1.165) is 0 Å². The Bertz CT molecular complexity index is 278. The molecule has 16 heavy (non-hydrogen) atoms. The predicted octanol–water partition coefficient (Wildman–Crippen LogP) is -1.30. The Hall–Kier alpha value is -1.14. The maximum Gasteiger partial charge on any atom is 0.249 e. The Balaban J connectivity index is 2.56. The number of nitrogens with zero attached hydrogens (tertiary/aromatic N) is 1. The van der Waals surface area contributed by atoms with Crippen LogP contribution in [0.1, 0.15) is 13.8 Å². The van der Waals surface area contributed by atoms with E-state index in [1.165, 1.54) is 0 Å². The third-order valence-electron chi connectivity index (χ3n) is 2.64. The fourth-order valence-electron chi connectivity index (χ4n) is 1.66. The number of ether oxygens (including phenoxy) is 1. The molecule has 1 heterocycles. The van der Waals surface area contributed by atoms with Crippen LogP contribution in [0, 0.1) is 0 Å². The summed E-state index contributed by atoms with van der Waals surface area (Å²) in [4.78, 5) is 25.0. The molecule has 0 unspecified atom stereocenters. The maximum absolute atomic E-state index is 11.8. The molecule has 0 radical (unpaired) electrons. The number of rotatable bonds is 4. The van der Waals surface area contributed by atoms with Crippen molar-refractivity contribution in [3.05, 3.63) is 0 Å². The number of piperazine rings is 1. The highest BCUT2D eigenvalue weighted by molar-refractivity contribution is 5.92. The number of amides is 2. The second-order valence-electron chi connectivity index (χ2n) is 4.20. The standard InChI is InChI=1S/C10H19N3O3/c1-10(2)9(15)12-4-5-13(10)8(14)7-16-6-3-11/h3-7,11H2,1-2H3,(H,12,15). The van der Waals surface area contributed by atoms with Gasteiger partial charge in [-0.05, 0) is 13.8 Å². The zero-order chi connectivity index (χ0) is 12.2. The fraction of sp³-hybridized carbons (Fsp3) is 0.800. The summed E-state index contributed by atoms with van der Waals surface area (Å²) in [6.07, 6.45) is 0. The van der Waals surface area contributed by atoms with Crippen molar-refractivity contribution in [2.24, 2.45) is 5.73 Å². The summed E-state index contributed by atoms with van der Waals surface area (Å²) in [5, 5.41) is 2.73. The summed E-state index contributed by atoms with van der Waals surface area (Å²) in [5.41, 5.74) is 4.45. The van der Waals surface area contributed by atoms with Crippen LogP contribution in [0.5, 0.6) is 0 Å². The van der Waals surface area contributed by atoms with Crippen LogP contribution in [0.15, 0.2) is 0 Å². The SMILES string of the molecule is CC1(C)C(=O)NCCN1C(=O)COCCN. The van der Waals surface area contributed by atoms with E-state index in [1.54, 1.807) is 18.7 Å². The lowest BCUT2D eigenvalue weighted by molar-refractivity contribution is -0.152. The molecular formula is C10H19N3O3. The van der Waals surface area contributed by atoms with E-state index in [4.69, 9.17) is 10.5 Å². The van der Waals surface area contributed by atoms with Gasteiger partial charge in [-0.15, -0.1) is 0 Å². The average molecular weight is 229 g/mol. The molecule has 1 saturated heterocycles. The zero-order valence-electron chi connectivity index (χ0n) is 9.78. The fourth-order valence-corrected chi connectivity index (χ4v) is 1.66. The molecule has 1 aliphatic rings. The van der Waals surface area contributed by atoms with E-state index < -0.39 is 5.54 Å². The van der Waals surface area contributed by atoms with Crippen LogP contribution in [-0.4, -0.2) is 55.1 Å². The molecule has 0 aromatic heterocycles. The highest BCUT2D eigenvalue weighted by Crippen LogP contribution is 2.17. The molecule has 0 aliphatic carbocycles. The molecule has 0 saturated carbocycles. The van der Waals surface area contributed by atoms with Gasteiger partial charge in [0.25, 0.3) is 0 Å². The molecule has 1 rings (SSSR count). The minimum atomic E-state index is -0.804. The lowest BCUT2D eigenvalue weighted by Crippen LogP contribution is -2.64. The van der Waals surface area contributed by atoms with Crippen molar-refractivity contribution in [3.63, 3.8) is 0 Å². The Morgan fingerprint density at radius 1 is 1.62 bits per heavy atom. The quantitative estimate of drug-likeness (QED) is 0.587. The second-order valence-corrected chi connectivity index (χ2v) is 4.20. The molecule has 0 spiro atoms. The van der Waals surface area contributed by atoms with Crippen molar-refractivity contribution in [3.8, 4) is 0 Å². The lowest BCUT2D eigenvalue weighted by atomic mass is 9.99. The van der Waals surface area contributed by atoms with E-state index in [0.29, 0.717) is 26.2 Å². The Kier molecular flexibility index (Phi) is 4.26. The van der Waals surface area contributed by atoms with E-state index in [9.17, 15) is 9.59 Å². The Labute approximate surface area is 95.1 Å². The van der Waals surface area contributed by atoms with Crippen LogP contribution in [0.3, 0.4) is 0 Å². The normalized spacial score (nSPS) is 19.4. The van der Waals surface area contributed by atoms with Crippen molar-refractivity contribution >= 4 is 11.8 Å². The summed E-state index contributed by atoms with van der Waals surface area (Å²) in [5.74, 6) is -0.306. The van der Waals surface area contributed by atoms with Gasteiger partial charge >= 0.3 is 0 Å². The molecular weight excluding hydrogens is 210 g/mol. The van der Waals surface area contributed by atoms with E-state index in [2.05, 4.69) is 5.32 Å². The number of nitrogens with two attached hydrogens (primary N) is 1. The third-order valence-corrected chi connectivity index (χ3v) is 2.64. The first kappa shape index (κ1) is 12.9. The summed E-state index contributed by atoms with van der Waals surface area (Å²) < 4.78 is 5.08. The van der Waals surface area contributed by atoms with Crippen molar-refractivity contribution in [2.75, 3.05) is 32.8 Å². The van der Waals surface area contributed by atoms with Crippen molar-refractivity contribution in [1.82, 2.24) is 10.2 Å². The first-order chi connectivity index (χ1) is 7.50. The predicted molar refractivity (Wildman–Crippen MR) is 58.7 cm³/mol. The molecule has 1 aliphatic heterocycles. The van der Waals surface area contributed by atoms with Gasteiger partial charge in [-0.25, -0.2) is 0 Å². The number of hydrogen-bond donors (Lipinski definition) is 2. The van der Waals surface area contributed by atoms with Crippen LogP contribution >= 0.6 is 0 Å². The minimum absolute atomic E-state index is 0.0199. The molecule has 2 amide bonds. The highest BCUT2D eigenvalue weighted by Gasteiger charge is 2.40. The molecule has 0 atom stereocenters. The molecule has 0 aromatic carbocycles. The van der Waals surface area contributed by atoms with Crippen LogP contribution in [-0.2, 0) is 14.3 Å². The van der Waals surface area contributed by atoms with Gasteiger partial charge < -0.3 is 20.7 Å². The largest absolute Gasteiger partial charge is 0.370 e. The summed E-state index contributed by atoms with van der Waals surface area (Å²) in [6, 6.07) is 0. The molecule has 0 aromatic rings. The average Bonchev–Trinajstić information content (AvgIpc) is 2.22. The van der Waals surface area contributed by atoms with E-state index in [-0.39, 0.29) is 18.4 Å². The summed E-state index contributed by atoms with van der Waals surface area (Å²) >= 11 is 0. The number of nitrogens with one attached hydrogen (secondary N) is 1. The monoisotopic (exact) mass is 229 g/mol.